The van der Waals surface area contributed by atoms with Gasteiger partial charge >= 0.3 is 5.97 Å². The van der Waals surface area contributed by atoms with Crippen LogP contribution in [-0.4, -0.2) is 49.6 Å². The van der Waals surface area contributed by atoms with E-state index in [4.69, 9.17) is 4.74 Å². The maximum atomic E-state index is 11.4. The summed E-state index contributed by atoms with van der Waals surface area (Å²) in [7, 11) is 0. The van der Waals surface area contributed by atoms with Crippen LogP contribution in [0.1, 0.15) is 57.1 Å². The number of benzene rings is 1. The molecule has 1 fully saturated rings. The van der Waals surface area contributed by atoms with Gasteiger partial charge in [0.1, 0.15) is 0 Å². The summed E-state index contributed by atoms with van der Waals surface area (Å²) in [6, 6.07) is 8.79. The van der Waals surface area contributed by atoms with E-state index in [0.29, 0.717) is 26.1 Å². The molecule has 29 heavy (non-hydrogen) atoms. The number of halogens is 1. The maximum absolute atomic E-state index is 11.4. The van der Waals surface area contributed by atoms with Gasteiger partial charge in [-0.15, -0.1) is 24.0 Å². The summed E-state index contributed by atoms with van der Waals surface area (Å²) in [5, 5.41) is 6.53. The van der Waals surface area contributed by atoms with Gasteiger partial charge in [-0.2, -0.15) is 0 Å². The largest absolute Gasteiger partial charge is 0.466 e. The highest BCUT2D eigenvalue weighted by Crippen LogP contribution is 2.14. The van der Waals surface area contributed by atoms with E-state index in [0.717, 1.165) is 25.5 Å². The molecule has 2 N–H and O–H groups in total. The molecule has 7 heteroatoms. The molecule has 0 amide bonds. The molecule has 6 nitrogen and oxygen atoms in total. The molecule has 1 heterocycles. The molecule has 0 spiro atoms. The zero-order chi connectivity index (χ0) is 20.0. The maximum Gasteiger partial charge on any atom is 0.305 e. The van der Waals surface area contributed by atoms with Gasteiger partial charge in [0, 0.05) is 26.1 Å². The molecule has 1 aromatic carbocycles. The predicted molar refractivity (Wildman–Crippen MR) is 130 cm³/mol. The fraction of sp³-hybridized carbons (Fsp3) is 0.636. The zero-order valence-electron chi connectivity index (χ0n) is 17.9. The number of rotatable bonds is 10. The summed E-state index contributed by atoms with van der Waals surface area (Å²) < 4.78 is 4.94. The van der Waals surface area contributed by atoms with Crippen molar-refractivity contribution < 1.29 is 9.53 Å². The second-order valence-corrected chi connectivity index (χ2v) is 7.18. The average molecular weight is 516 g/mol. The zero-order valence-corrected chi connectivity index (χ0v) is 20.2. The van der Waals surface area contributed by atoms with E-state index in [2.05, 4.69) is 44.8 Å². The predicted octanol–water partition coefficient (Wildman–Crippen LogP) is 3.69. The van der Waals surface area contributed by atoms with E-state index in [1.807, 2.05) is 13.8 Å². The minimum absolute atomic E-state index is 0. The number of aliphatic imine (C=N–C) groups is 1. The lowest BCUT2D eigenvalue weighted by Gasteiger charge is -2.26. The summed E-state index contributed by atoms with van der Waals surface area (Å²) in [5.74, 6) is 0.639. The van der Waals surface area contributed by atoms with Crippen LogP contribution in [0.4, 0.5) is 0 Å². The first-order chi connectivity index (χ1) is 13.7. The molecule has 0 bridgehead atoms. The van der Waals surface area contributed by atoms with Gasteiger partial charge in [-0.1, -0.05) is 30.7 Å². The van der Waals surface area contributed by atoms with Crippen LogP contribution in [0.2, 0.25) is 0 Å². The molecule has 0 aromatic heterocycles. The van der Waals surface area contributed by atoms with Crippen LogP contribution in [-0.2, 0) is 22.6 Å². The van der Waals surface area contributed by atoms with Crippen molar-refractivity contribution in [3.63, 3.8) is 0 Å². The fourth-order valence-electron chi connectivity index (χ4n) is 3.31. The third kappa shape index (κ3) is 10.8. The molecule has 0 unspecified atom stereocenters. The van der Waals surface area contributed by atoms with E-state index >= 15 is 0 Å². The lowest BCUT2D eigenvalue weighted by atomic mass is 10.1. The Morgan fingerprint density at radius 1 is 1.07 bits per heavy atom. The number of ether oxygens (including phenoxy) is 1. The number of hydrogen-bond acceptors (Lipinski definition) is 4. The first kappa shape index (κ1) is 25.7. The summed E-state index contributed by atoms with van der Waals surface area (Å²) >= 11 is 0. The molecule has 0 radical (unpaired) electrons. The molecule has 164 valence electrons. The molecule has 2 rings (SSSR count). The molecule has 1 aromatic rings. The Morgan fingerprint density at radius 2 is 1.76 bits per heavy atom. The molecule has 1 saturated heterocycles. The average Bonchev–Trinajstić information content (AvgIpc) is 2.71. The molecular formula is C22H37IN4O2. The van der Waals surface area contributed by atoms with Gasteiger partial charge < -0.3 is 15.4 Å². The smallest absolute Gasteiger partial charge is 0.305 e. The Kier molecular flexibility index (Phi) is 13.7. The number of carbonyl (C=O) groups is 1. The molecular weight excluding hydrogens is 479 g/mol. The summed E-state index contributed by atoms with van der Waals surface area (Å²) in [5.41, 5.74) is 2.57. The van der Waals surface area contributed by atoms with Crippen molar-refractivity contribution >= 4 is 35.9 Å². The number of hydrogen-bond donors (Lipinski definition) is 2. The quantitative estimate of drug-likeness (QED) is 0.163. The third-order valence-corrected chi connectivity index (χ3v) is 4.80. The van der Waals surface area contributed by atoms with Crippen LogP contribution in [0.3, 0.4) is 0 Å². The molecule has 1 aliphatic heterocycles. The van der Waals surface area contributed by atoms with Crippen LogP contribution in [0.25, 0.3) is 0 Å². The Labute approximate surface area is 192 Å². The van der Waals surface area contributed by atoms with Crippen molar-refractivity contribution in [1.82, 2.24) is 15.5 Å². The van der Waals surface area contributed by atoms with Crippen molar-refractivity contribution in [2.24, 2.45) is 4.99 Å². The topological polar surface area (TPSA) is 66.0 Å². The van der Waals surface area contributed by atoms with Gasteiger partial charge in [-0.3, -0.25) is 9.69 Å². The van der Waals surface area contributed by atoms with Crippen molar-refractivity contribution in [3.05, 3.63) is 35.4 Å². The highest BCUT2D eigenvalue weighted by atomic mass is 127. The van der Waals surface area contributed by atoms with Crippen LogP contribution in [0.15, 0.2) is 29.3 Å². The van der Waals surface area contributed by atoms with E-state index in [1.165, 1.54) is 43.5 Å². The number of guanidine groups is 1. The van der Waals surface area contributed by atoms with Gasteiger partial charge in [0.25, 0.3) is 0 Å². The van der Waals surface area contributed by atoms with Gasteiger partial charge in [0.15, 0.2) is 5.96 Å². The molecule has 1 aliphatic rings. The molecule has 0 aliphatic carbocycles. The molecule has 0 saturated carbocycles. The summed E-state index contributed by atoms with van der Waals surface area (Å²) in [6.45, 7) is 9.94. The standard InChI is InChI=1S/C22H36N4O2.HI/c1-3-23-22(24-14-8-9-21(27)28-4-2)25-17-19-10-12-20(13-11-19)18-26-15-6-5-7-16-26;/h10-13H,3-9,14-18H2,1-2H3,(H2,23,24,25);1H. The van der Waals surface area contributed by atoms with Crippen molar-refractivity contribution in [1.29, 1.82) is 0 Å². The van der Waals surface area contributed by atoms with E-state index in [-0.39, 0.29) is 29.9 Å². The Morgan fingerprint density at radius 3 is 2.41 bits per heavy atom. The molecule has 0 atom stereocenters. The Bertz CT molecular complexity index is 601. The monoisotopic (exact) mass is 516 g/mol. The number of esters is 1. The SMILES string of the molecule is CCNC(=NCc1ccc(CN2CCCCC2)cc1)NCCCC(=O)OCC.I. The lowest BCUT2D eigenvalue weighted by Crippen LogP contribution is -2.37. The third-order valence-electron chi connectivity index (χ3n) is 4.80. The van der Waals surface area contributed by atoms with E-state index in [9.17, 15) is 4.79 Å². The number of likely N-dealkylation sites (tertiary alicyclic amines) is 1. The van der Waals surface area contributed by atoms with Crippen molar-refractivity contribution in [3.8, 4) is 0 Å². The highest BCUT2D eigenvalue weighted by Gasteiger charge is 2.10. The number of carbonyl (C=O) groups excluding carboxylic acids is 1. The van der Waals surface area contributed by atoms with Gasteiger partial charge in [0.05, 0.1) is 13.2 Å². The minimum Gasteiger partial charge on any atom is -0.466 e. The summed E-state index contributed by atoms with van der Waals surface area (Å²) in [4.78, 5) is 18.6. The second-order valence-electron chi connectivity index (χ2n) is 7.18. The fourth-order valence-corrected chi connectivity index (χ4v) is 3.31. The van der Waals surface area contributed by atoms with Gasteiger partial charge in [-0.05, 0) is 57.3 Å². The highest BCUT2D eigenvalue weighted by molar-refractivity contribution is 14.0. The van der Waals surface area contributed by atoms with Gasteiger partial charge in [-0.25, -0.2) is 4.99 Å². The first-order valence-corrected chi connectivity index (χ1v) is 10.7. The summed E-state index contributed by atoms with van der Waals surface area (Å²) in [6.07, 6.45) is 5.19. The minimum atomic E-state index is -0.143. The normalized spacial score (nSPS) is 14.8. The van der Waals surface area contributed by atoms with E-state index < -0.39 is 0 Å². The van der Waals surface area contributed by atoms with Crippen molar-refractivity contribution in [2.75, 3.05) is 32.8 Å². The number of nitrogens with zero attached hydrogens (tertiary/aromatic N) is 2. The lowest BCUT2D eigenvalue weighted by molar-refractivity contribution is -0.143. The van der Waals surface area contributed by atoms with Crippen LogP contribution in [0, 0.1) is 0 Å². The Balaban J connectivity index is 0.00000420. The van der Waals surface area contributed by atoms with Gasteiger partial charge in [0.2, 0.25) is 0 Å². The Hall–Kier alpha value is -1.35. The number of piperidine rings is 1. The first-order valence-electron chi connectivity index (χ1n) is 10.7. The van der Waals surface area contributed by atoms with Crippen LogP contribution >= 0.6 is 24.0 Å². The van der Waals surface area contributed by atoms with Crippen LogP contribution < -0.4 is 10.6 Å². The van der Waals surface area contributed by atoms with Crippen LogP contribution in [0.5, 0.6) is 0 Å². The van der Waals surface area contributed by atoms with E-state index in [1.54, 1.807) is 0 Å². The second kappa shape index (κ2) is 15.5. The van der Waals surface area contributed by atoms with Crippen molar-refractivity contribution in [2.45, 2.75) is 59.0 Å². The number of nitrogens with one attached hydrogen (secondary N) is 2.